The lowest BCUT2D eigenvalue weighted by Gasteiger charge is -2.04. The smallest absolute Gasteiger partial charge is 0.155 e. The van der Waals surface area contributed by atoms with Crippen molar-refractivity contribution in [2.45, 2.75) is 6.42 Å². The third-order valence-corrected chi connectivity index (χ3v) is 3.70. The van der Waals surface area contributed by atoms with Gasteiger partial charge in [-0.15, -0.1) is 0 Å². The largest absolute Gasteiger partial charge is 0.237 e. The van der Waals surface area contributed by atoms with Gasteiger partial charge in [0.15, 0.2) is 0 Å². The highest BCUT2D eigenvalue weighted by atomic mass is 79.9. The highest BCUT2D eigenvalue weighted by Gasteiger charge is 2.19. The molecule has 15 heavy (non-hydrogen) atoms. The number of benzene rings is 2. The fraction of sp³-hybridized carbons (Fsp3) is 0.0769. The van der Waals surface area contributed by atoms with E-state index in [0.29, 0.717) is 0 Å². The third kappa shape index (κ3) is 1.36. The van der Waals surface area contributed by atoms with Gasteiger partial charge in [-0.25, -0.2) is 0 Å². The van der Waals surface area contributed by atoms with Gasteiger partial charge in [0, 0.05) is 0 Å². The Hall–Kier alpha value is -1.02. The molecule has 0 nitrogen and oxygen atoms in total. The Morgan fingerprint density at radius 1 is 0.933 bits per heavy atom. The molecule has 3 rings (SSSR count). The zero-order valence-corrected chi connectivity index (χ0v) is 9.92. The topological polar surface area (TPSA) is 0 Å². The van der Waals surface area contributed by atoms with Gasteiger partial charge in [-0.2, -0.15) is 15.8 Å². The minimum atomic E-state index is 0.949. The molecule has 0 saturated heterocycles. The van der Waals surface area contributed by atoms with Gasteiger partial charge < -0.3 is 0 Å². The fourth-order valence-electron chi connectivity index (χ4n) is 2.35. The first-order valence-corrected chi connectivity index (χ1v) is 6.27. The van der Waals surface area contributed by atoms with E-state index in [0.717, 1.165) is 12.5 Å². The normalized spacial score (nSPS) is 12.1. The van der Waals surface area contributed by atoms with Crippen LogP contribution in [0.15, 0.2) is 42.5 Å². The molecule has 2 heteroatoms. The Labute approximate surface area is 98.5 Å². The molecule has 0 aromatic heterocycles. The van der Waals surface area contributed by atoms with Crippen molar-refractivity contribution in [3.63, 3.8) is 0 Å². The van der Waals surface area contributed by atoms with Gasteiger partial charge in [-0.3, -0.25) is 0 Å². The van der Waals surface area contributed by atoms with Crippen LogP contribution in [-0.4, -0.2) is 6.10 Å². The molecule has 0 saturated carbocycles. The molecule has 0 amide bonds. The van der Waals surface area contributed by atoms with Crippen LogP contribution in [-0.2, 0) is 6.42 Å². The lowest BCUT2D eigenvalue weighted by molar-refractivity contribution is 1.28. The summed E-state index contributed by atoms with van der Waals surface area (Å²) in [6, 6.07) is 15.3. The number of fused-ring (bicyclic) bond motifs is 3. The van der Waals surface area contributed by atoms with Crippen LogP contribution in [0.4, 0.5) is 0 Å². The summed E-state index contributed by atoms with van der Waals surface area (Å²) >= 11 is 3.56. The Balaban J connectivity index is 2.26. The minimum absolute atomic E-state index is 0.949. The van der Waals surface area contributed by atoms with E-state index in [9.17, 15) is 0 Å². The zero-order chi connectivity index (χ0) is 10.3. The zero-order valence-electron chi connectivity index (χ0n) is 8.33. The van der Waals surface area contributed by atoms with Crippen LogP contribution < -0.4 is 5.46 Å². The van der Waals surface area contributed by atoms with Crippen molar-refractivity contribution in [3.05, 3.63) is 53.6 Å². The lowest BCUT2D eigenvalue weighted by atomic mass is 9.87. The van der Waals surface area contributed by atoms with Crippen LogP contribution in [0.5, 0.6) is 0 Å². The Morgan fingerprint density at radius 2 is 1.73 bits per heavy atom. The van der Waals surface area contributed by atoms with E-state index >= 15 is 0 Å². The highest BCUT2D eigenvalue weighted by molar-refractivity contribution is 9.23. The maximum absolute atomic E-state index is 3.56. The Kier molecular flexibility index (Phi) is 2.17. The van der Waals surface area contributed by atoms with Crippen LogP contribution in [0.25, 0.3) is 11.1 Å². The summed E-state index contributed by atoms with van der Waals surface area (Å²) in [7, 11) is 0. The predicted octanol–water partition coefficient (Wildman–Crippen LogP) is 2.63. The number of hydrogen-bond acceptors (Lipinski definition) is 0. The van der Waals surface area contributed by atoms with E-state index < -0.39 is 0 Å². The Morgan fingerprint density at radius 3 is 2.60 bits per heavy atom. The minimum Gasteiger partial charge on any atom is -0.155 e. The van der Waals surface area contributed by atoms with Crippen molar-refractivity contribution in [2.24, 2.45) is 0 Å². The van der Waals surface area contributed by atoms with Crippen molar-refractivity contribution < 1.29 is 0 Å². The molecule has 0 heterocycles. The summed E-state index contributed by atoms with van der Waals surface area (Å²) in [5.41, 5.74) is 7.21. The van der Waals surface area contributed by atoms with Crippen LogP contribution in [0.3, 0.4) is 0 Å². The van der Waals surface area contributed by atoms with Gasteiger partial charge in [-0.05, 0) is 28.7 Å². The van der Waals surface area contributed by atoms with Crippen molar-refractivity contribution >= 4 is 27.3 Å². The second kappa shape index (κ2) is 3.53. The molecule has 0 unspecified atom stereocenters. The molecule has 2 aromatic carbocycles. The van der Waals surface area contributed by atoms with Crippen LogP contribution in [0.1, 0.15) is 11.1 Å². The van der Waals surface area contributed by atoms with Crippen molar-refractivity contribution in [2.75, 3.05) is 0 Å². The monoisotopic (exact) mass is 256 g/mol. The second-order valence-electron chi connectivity index (χ2n) is 3.91. The highest BCUT2D eigenvalue weighted by Crippen LogP contribution is 2.34. The molecule has 1 aliphatic rings. The van der Waals surface area contributed by atoms with Crippen molar-refractivity contribution in [1.29, 1.82) is 0 Å². The average Bonchev–Trinajstić information content (AvgIpc) is 2.67. The van der Waals surface area contributed by atoms with E-state index in [1.165, 1.54) is 27.7 Å². The maximum Gasteiger partial charge on any atom is 0.237 e. The molecule has 0 N–H and O–H groups in total. The van der Waals surface area contributed by atoms with Crippen molar-refractivity contribution in [1.82, 2.24) is 0 Å². The quantitative estimate of drug-likeness (QED) is 0.588. The van der Waals surface area contributed by atoms with Gasteiger partial charge in [-0.1, -0.05) is 47.9 Å². The standard InChI is InChI=1S/C13H10BBr/c15-14-13-7-3-6-11-10-5-2-1-4-9(10)8-12(11)13/h1-7,14H,8H2. The summed E-state index contributed by atoms with van der Waals surface area (Å²) in [5, 5.41) is 0. The summed E-state index contributed by atoms with van der Waals surface area (Å²) in [5.74, 6) is 0. The van der Waals surface area contributed by atoms with Gasteiger partial charge in [0.2, 0.25) is 6.10 Å². The summed E-state index contributed by atoms with van der Waals surface area (Å²) in [4.78, 5) is 0. The molecule has 0 bridgehead atoms. The third-order valence-electron chi connectivity index (χ3n) is 3.09. The van der Waals surface area contributed by atoms with Crippen LogP contribution >= 0.6 is 15.8 Å². The SMILES string of the molecule is BrBc1cccc2c1Cc1ccccc1-2. The van der Waals surface area contributed by atoms with E-state index in [1.807, 2.05) is 0 Å². The van der Waals surface area contributed by atoms with E-state index in [1.54, 1.807) is 0 Å². The lowest BCUT2D eigenvalue weighted by Crippen LogP contribution is -2.13. The van der Waals surface area contributed by atoms with E-state index in [-0.39, 0.29) is 0 Å². The van der Waals surface area contributed by atoms with Crippen LogP contribution in [0.2, 0.25) is 0 Å². The fourth-order valence-corrected chi connectivity index (χ4v) is 2.87. The summed E-state index contributed by atoms with van der Waals surface area (Å²) in [6.07, 6.45) is 2.04. The second-order valence-corrected chi connectivity index (χ2v) is 4.47. The molecule has 0 aliphatic heterocycles. The van der Waals surface area contributed by atoms with E-state index in [2.05, 4.69) is 58.2 Å². The first-order valence-electron chi connectivity index (χ1n) is 5.15. The Bertz CT molecular complexity index is 520. The number of rotatable bonds is 1. The molecule has 2 aromatic rings. The van der Waals surface area contributed by atoms with Crippen LogP contribution in [0, 0.1) is 0 Å². The molecule has 0 fully saturated rings. The molecule has 0 spiro atoms. The average molecular weight is 257 g/mol. The van der Waals surface area contributed by atoms with Gasteiger partial charge >= 0.3 is 0 Å². The van der Waals surface area contributed by atoms with E-state index in [4.69, 9.17) is 0 Å². The van der Waals surface area contributed by atoms with Gasteiger partial charge in [0.25, 0.3) is 0 Å². The molecule has 72 valence electrons. The van der Waals surface area contributed by atoms with Gasteiger partial charge in [0.1, 0.15) is 0 Å². The molecule has 0 radical (unpaired) electrons. The summed E-state index contributed by atoms with van der Waals surface area (Å²) in [6.45, 7) is 0. The maximum atomic E-state index is 3.56. The number of halogens is 1. The number of hydrogen-bond donors (Lipinski definition) is 0. The molecule has 1 aliphatic carbocycles. The molecule has 0 atom stereocenters. The van der Waals surface area contributed by atoms with Gasteiger partial charge in [0.05, 0.1) is 0 Å². The summed E-state index contributed by atoms with van der Waals surface area (Å²) < 4.78 is 0. The van der Waals surface area contributed by atoms with Crippen molar-refractivity contribution in [3.8, 4) is 11.1 Å². The first kappa shape index (κ1) is 9.23. The first-order chi connectivity index (χ1) is 7.40. The molecular formula is C13H10BBr. The predicted molar refractivity (Wildman–Crippen MR) is 70.4 cm³/mol. The molecular weight excluding hydrogens is 247 g/mol.